The summed E-state index contributed by atoms with van der Waals surface area (Å²) in [6, 6.07) is 9.84. The van der Waals surface area contributed by atoms with Crippen LogP contribution in [-0.2, 0) is 6.54 Å². The lowest BCUT2D eigenvalue weighted by atomic mass is 10.2. The van der Waals surface area contributed by atoms with Gasteiger partial charge in [0.1, 0.15) is 11.6 Å². The molecule has 114 valence electrons. The summed E-state index contributed by atoms with van der Waals surface area (Å²) in [5.41, 5.74) is 1.53. The van der Waals surface area contributed by atoms with Crippen LogP contribution in [0.1, 0.15) is 28.8 Å². The minimum absolute atomic E-state index is 0.0206. The predicted octanol–water partition coefficient (Wildman–Crippen LogP) is 3.07. The van der Waals surface area contributed by atoms with E-state index in [4.69, 9.17) is 0 Å². The molecular weight excluding hydrogens is 281 g/mol. The van der Waals surface area contributed by atoms with Crippen molar-refractivity contribution >= 4 is 11.7 Å². The van der Waals surface area contributed by atoms with Crippen LogP contribution < -0.4 is 5.32 Å². The third-order valence-corrected chi connectivity index (χ3v) is 3.80. The second-order valence-electron chi connectivity index (χ2n) is 5.38. The van der Waals surface area contributed by atoms with Crippen molar-refractivity contribution < 1.29 is 9.18 Å². The largest absolute Gasteiger partial charge is 0.365 e. The average molecular weight is 299 g/mol. The van der Waals surface area contributed by atoms with E-state index in [0.29, 0.717) is 17.9 Å². The van der Waals surface area contributed by atoms with Crippen LogP contribution in [0.15, 0.2) is 42.6 Å². The van der Waals surface area contributed by atoms with E-state index in [1.807, 2.05) is 4.90 Å². The molecule has 0 bridgehead atoms. The Labute approximate surface area is 129 Å². The van der Waals surface area contributed by atoms with E-state index in [1.54, 1.807) is 30.5 Å². The third kappa shape index (κ3) is 3.24. The molecule has 1 aliphatic heterocycles. The van der Waals surface area contributed by atoms with Gasteiger partial charge in [0.05, 0.1) is 5.56 Å². The molecular formula is C17H18FN3O. The number of anilines is 1. The summed E-state index contributed by atoms with van der Waals surface area (Å²) in [6.07, 6.45) is 3.78. The molecule has 0 aliphatic carbocycles. The van der Waals surface area contributed by atoms with Gasteiger partial charge in [-0.25, -0.2) is 9.37 Å². The lowest BCUT2D eigenvalue weighted by Crippen LogP contribution is -2.28. The summed E-state index contributed by atoms with van der Waals surface area (Å²) in [5, 5.41) is 3.17. The highest BCUT2D eigenvalue weighted by Crippen LogP contribution is 2.18. The summed E-state index contributed by atoms with van der Waals surface area (Å²) < 4.78 is 12.9. The minimum Gasteiger partial charge on any atom is -0.365 e. The van der Waals surface area contributed by atoms with Crippen LogP contribution in [0, 0.1) is 5.82 Å². The molecule has 1 aromatic heterocycles. The SMILES string of the molecule is O=C(c1cccnc1NCc1ccc(F)cc1)N1CCCC1. The molecule has 1 N–H and O–H groups in total. The van der Waals surface area contributed by atoms with Gasteiger partial charge < -0.3 is 10.2 Å². The number of likely N-dealkylation sites (tertiary alicyclic amines) is 1. The molecule has 0 saturated carbocycles. The van der Waals surface area contributed by atoms with E-state index in [1.165, 1.54) is 12.1 Å². The van der Waals surface area contributed by atoms with Crippen molar-refractivity contribution in [1.82, 2.24) is 9.88 Å². The predicted molar refractivity (Wildman–Crippen MR) is 83.1 cm³/mol. The Kier molecular flexibility index (Phi) is 4.32. The van der Waals surface area contributed by atoms with E-state index in [9.17, 15) is 9.18 Å². The highest BCUT2D eigenvalue weighted by molar-refractivity contribution is 5.98. The van der Waals surface area contributed by atoms with Gasteiger partial charge in [-0.1, -0.05) is 12.1 Å². The lowest BCUT2D eigenvalue weighted by Gasteiger charge is -2.17. The van der Waals surface area contributed by atoms with Crippen molar-refractivity contribution in [1.29, 1.82) is 0 Å². The van der Waals surface area contributed by atoms with Crippen LogP contribution in [0.3, 0.4) is 0 Å². The second kappa shape index (κ2) is 6.56. The summed E-state index contributed by atoms with van der Waals surface area (Å²) in [6.45, 7) is 2.12. The quantitative estimate of drug-likeness (QED) is 0.943. The molecule has 0 unspecified atom stereocenters. The Morgan fingerprint density at radius 2 is 1.91 bits per heavy atom. The number of rotatable bonds is 4. The molecule has 4 nitrogen and oxygen atoms in total. The molecule has 22 heavy (non-hydrogen) atoms. The zero-order valence-corrected chi connectivity index (χ0v) is 12.3. The van der Waals surface area contributed by atoms with E-state index < -0.39 is 0 Å². The van der Waals surface area contributed by atoms with Crippen LogP contribution in [0.4, 0.5) is 10.2 Å². The van der Waals surface area contributed by atoms with Crippen LogP contribution in [0.25, 0.3) is 0 Å². The summed E-state index contributed by atoms with van der Waals surface area (Å²) in [5.74, 6) is 0.336. The number of carbonyl (C=O) groups excluding carboxylic acids is 1. The van der Waals surface area contributed by atoms with E-state index in [-0.39, 0.29) is 11.7 Å². The molecule has 1 aromatic carbocycles. The molecule has 1 amide bonds. The summed E-state index contributed by atoms with van der Waals surface area (Å²) in [7, 11) is 0. The van der Waals surface area contributed by atoms with Crippen LogP contribution in [-0.4, -0.2) is 28.9 Å². The van der Waals surface area contributed by atoms with Gasteiger partial charge in [0.15, 0.2) is 0 Å². The summed E-state index contributed by atoms with van der Waals surface area (Å²) >= 11 is 0. The van der Waals surface area contributed by atoms with Gasteiger partial charge in [-0.15, -0.1) is 0 Å². The fourth-order valence-electron chi connectivity index (χ4n) is 2.60. The molecule has 2 heterocycles. The molecule has 0 atom stereocenters. The maximum atomic E-state index is 12.9. The second-order valence-corrected chi connectivity index (χ2v) is 5.38. The molecule has 3 rings (SSSR count). The first-order chi connectivity index (χ1) is 10.7. The average Bonchev–Trinajstić information content (AvgIpc) is 3.08. The molecule has 0 radical (unpaired) electrons. The number of nitrogens with one attached hydrogen (secondary N) is 1. The van der Waals surface area contributed by atoms with Gasteiger partial charge in [-0.05, 0) is 42.7 Å². The Hall–Kier alpha value is -2.43. The zero-order chi connectivity index (χ0) is 15.4. The van der Waals surface area contributed by atoms with Crippen molar-refractivity contribution in [3.05, 3.63) is 59.5 Å². The van der Waals surface area contributed by atoms with Gasteiger partial charge >= 0.3 is 0 Å². The number of aromatic nitrogens is 1. The number of nitrogens with zero attached hydrogens (tertiary/aromatic N) is 2. The standard InChI is InChI=1S/C17H18FN3O/c18-14-7-5-13(6-8-14)12-20-16-15(4-3-9-19-16)17(22)21-10-1-2-11-21/h3-9H,1-2,10-12H2,(H,19,20). The van der Waals surface area contributed by atoms with Crippen molar-refractivity contribution in [2.24, 2.45) is 0 Å². The Morgan fingerprint density at radius 1 is 1.18 bits per heavy atom. The number of benzene rings is 1. The number of halogens is 1. The van der Waals surface area contributed by atoms with Crippen molar-refractivity contribution in [3.8, 4) is 0 Å². The fourth-order valence-corrected chi connectivity index (χ4v) is 2.60. The van der Waals surface area contributed by atoms with Gasteiger partial charge in [0.25, 0.3) is 5.91 Å². The fraction of sp³-hybridized carbons (Fsp3) is 0.294. The van der Waals surface area contributed by atoms with Gasteiger partial charge in [-0.2, -0.15) is 0 Å². The molecule has 5 heteroatoms. The van der Waals surface area contributed by atoms with Crippen molar-refractivity contribution in [2.75, 3.05) is 18.4 Å². The highest BCUT2D eigenvalue weighted by atomic mass is 19.1. The van der Waals surface area contributed by atoms with Crippen molar-refractivity contribution in [3.63, 3.8) is 0 Å². The molecule has 1 saturated heterocycles. The van der Waals surface area contributed by atoms with Gasteiger partial charge in [-0.3, -0.25) is 4.79 Å². The van der Waals surface area contributed by atoms with Gasteiger partial charge in [0.2, 0.25) is 0 Å². The third-order valence-electron chi connectivity index (χ3n) is 3.80. The normalized spacial score (nSPS) is 14.1. The smallest absolute Gasteiger partial charge is 0.257 e. The Balaban J connectivity index is 1.73. The molecule has 1 aliphatic rings. The number of carbonyl (C=O) groups is 1. The number of pyridine rings is 1. The van der Waals surface area contributed by atoms with Crippen LogP contribution in [0.2, 0.25) is 0 Å². The molecule has 2 aromatic rings. The molecule has 0 spiro atoms. The van der Waals surface area contributed by atoms with E-state index in [0.717, 1.165) is 31.5 Å². The maximum Gasteiger partial charge on any atom is 0.257 e. The summed E-state index contributed by atoms with van der Waals surface area (Å²) in [4.78, 5) is 18.7. The highest BCUT2D eigenvalue weighted by Gasteiger charge is 2.22. The maximum absolute atomic E-state index is 12.9. The Bertz CT molecular complexity index is 651. The Morgan fingerprint density at radius 3 is 2.64 bits per heavy atom. The van der Waals surface area contributed by atoms with Crippen LogP contribution in [0.5, 0.6) is 0 Å². The van der Waals surface area contributed by atoms with Crippen LogP contribution >= 0.6 is 0 Å². The molecule has 1 fully saturated rings. The van der Waals surface area contributed by atoms with Crippen molar-refractivity contribution in [2.45, 2.75) is 19.4 Å². The zero-order valence-electron chi connectivity index (χ0n) is 12.3. The first-order valence-corrected chi connectivity index (χ1v) is 7.46. The first-order valence-electron chi connectivity index (χ1n) is 7.46. The van der Waals surface area contributed by atoms with Gasteiger partial charge in [0, 0.05) is 25.8 Å². The first kappa shape index (κ1) is 14.5. The number of hydrogen-bond acceptors (Lipinski definition) is 3. The number of hydrogen-bond donors (Lipinski definition) is 1. The minimum atomic E-state index is -0.258. The monoisotopic (exact) mass is 299 g/mol. The van der Waals surface area contributed by atoms with E-state index in [2.05, 4.69) is 10.3 Å². The van der Waals surface area contributed by atoms with E-state index >= 15 is 0 Å². The topological polar surface area (TPSA) is 45.2 Å². The lowest BCUT2D eigenvalue weighted by molar-refractivity contribution is 0.0793. The number of amides is 1.